The highest BCUT2D eigenvalue weighted by molar-refractivity contribution is 6.30. The third kappa shape index (κ3) is 5.15. The second-order valence-corrected chi connectivity index (χ2v) is 8.33. The summed E-state index contributed by atoms with van der Waals surface area (Å²) in [4.78, 5) is 4.11. The molecule has 2 atom stereocenters. The minimum absolute atomic E-state index is 0.0895. The van der Waals surface area contributed by atoms with E-state index in [0.717, 1.165) is 48.8 Å². The highest BCUT2D eigenvalue weighted by atomic mass is 35.5. The quantitative estimate of drug-likeness (QED) is 0.413. The van der Waals surface area contributed by atoms with Crippen LogP contribution in [0.1, 0.15) is 50.0 Å². The van der Waals surface area contributed by atoms with Crippen LogP contribution in [0, 0.1) is 5.92 Å². The van der Waals surface area contributed by atoms with Crippen LogP contribution < -0.4 is 5.32 Å². The van der Waals surface area contributed by atoms with E-state index in [4.69, 9.17) is 11.6 Å². The van der Waals surface area contributed by atoms with Gasteiger partial charge in [0.25, 0.3) is 0 Å². The van der Waals surface area contributed by atoms with Crippen molar-refractivity contribution in [3.8, 4) is 0 Å². The zero-order chi connectivity index (χ0) is 20.8. The van der Waals surface area contributed by atoms with Gasteiger partial charge in [-0.05, 0) is 67.3 Å². The molecule has 0 unspecified atom stereocenters. The third-order valence-corrected chi connectivity index (χ3v) is 6.02. The summed E-state index contributed by atoms with van der Waals surface area (Å²) in [5.41, 5.74) is 2.55. The summed E-state index contributed by atoms with van der Waals surface area (Å²) in [7, 11) is 0. The van der Waals surface area contributed by atoms with E-state index >= 15 is 0 Å². The summed E-state index contributed by atoms with van der Waals surface area (Å²) in [6.45, 7) is 4.69. The average Bonchev–Trinajstić information content (AvgIpc) is 3.43. The van der Waals surface area contributed by atoms with Crippen LogP contribution in [0.5, 0.6) is 0 Å². The number of allylic oxidation sites excluding steroid dienone is 1. The molecule has 1 aliphatic carbocycles. The number of nitrogens with one attached hydrogen (secondary N) is 1. The molecule has 30 heavy (non-hydrogen) atoms. The number of benzene rings is 1. The predicted octanol–water partition coefficient (Wildman–Crippen LogP) is 4.04. The molecule has 0 spiro atoms. The average molecular weight is 426 g/mol. The number of aromatic nitrogens is 6. The molecule has 4 rings (SSSR count). The van der Waals surface area contributed by atoms with Gasteiger partial charge in [0, 0.05) is 29.9 Å². The van der Waals surface area contributed by atoms with Crippen LogP contribution in [0.3, 0.4) is 0 Å². The Hall–Kier alpha value is -2.51. The SMILES string of the molecule is CC1=CCCC[C@@H]1[C@H](NCCCn1ccnc1)c1nnnn1Cc1ccc(Cl)cc1. The second kappa shape index (κ2) is 10.00. The molecule has 0 fully saturated rings. The van der Waals surface area contributed by atoms with Crippen LogP contribution in [0.25, 0.3) is 0 Å². The van der Waals surface area contributed by atoms with Gasteiger partial charge >= 0.3 is 0 Å². The lowest BCUT2D eigenvalue weighted by molar-refractivity contribution is 0.336. The van der Waals surface area contributed by atoms with Crippen LogP contribution in [0.2, 0.25) is 5.02 Å². The molecular weight excluding hydrogens is 398 g/mol. The van der Waals surface area contributed by atoms with E-state index in [1.165, 1.54) is 12.0 Å². The Bertz CT molecular complexity index is 946. The van der Waals surface area contributed by atoms with Gasteiger partial charge in [0.15, 0.2) is 5.82 Å². The molecule has 1 aliphatic rings. The maximum Gasteiger partial charge on any atom is 0.169 e. The van der Waals surface area contributed by atoms with Gasteiger partial charge in [-0.3, -0.25) is 0 Å². The number of aryl methyl sites for hydroxylation is 1. The topological polar surface area (TPSA) is 73.5 Å². The van der Waals surface area contributed by atoms with Crippen molar-refractivity contribution in [3.05, 3.63) is 71.0 Å². The highest BCUT2D eigenvalue weighted by Gasteiger charge is 2.30. The molecule has 1 N–H and O–H groups in total. The van der Waals surface area contributed by atoms with E-state index in [1.54, 1.807) is 0 Å². The summed E-state index contributed by atoms with van der Waals surface area (Å²) in [6, 6.07) is 7.94. The van der Waals surface area contributed by atoms with Crippen molar-refractivity contribution in [2.45, 2.75) is 51.7 Å². The molecule has 1 aromatic carbocycles. The first-order chi connectivity index (χ1) is 14.7. The predicted molar refractivity (Wildman–Crippen MR) is 117 cm³/mol. The first-order valence-electron chi connectivity index (χ1n) is 10.6. The fourth-order valence-electron chi connectivity index (χ4n) is 4.14. The second-order valence-electron chi connectivity index (χ2n) is 7.89. The maximum atomic E-state index is 6.03. The molecule has 7 nitrogen and oxygen atoms in total. The van der Waals surface area contributed by atoms with Crippen molar-refractivity contribution in [2.24, 2.45) is 5.92 Å². The minimum atomic E-state index is 0.0895. The van der Waals surface area contributed by atoms with Crippen molar-refractivity contribution in [2.75, 3.05) is 6.54 Å². The lowest BCUT2D eigenvalue weighted by Gasteiger charge is -2.30. The number of hydrogen-bond donors (Lipinski definition) is 1. The van der Waals surface area contributed by atoms with Crippen LogP contribution in [0.15, 0.2) is 54.6 Å². The lowest BCUT2D eigenvalue weighted by Crippen LogP contribution is -2.33. The summed E-state index contributed by atoms with van der Waals surface area (Å²) >= 11 is 6.03. The van der Waals surface area contributed by atoms with Gasteiger partial charge in [0.05, 0.1) is 18.9 Å². The molecule has 0 aliphatic heterocycles. The highest BCUT2D eigenvalue weighted by Crippen LogP contribution is 2.34. The fraction of sp³-hybridized carbons (Fsp3) is 0.455. The van der Waals surface area contributed by atoms with Crippen molar-refractivity contribution in [3.63, 3.8) is 0 Å². The normalized spacial score (nSPS) is 17.7. The molecular formula is C22H28ClN7. The lowest BCUT2D eigenvalue weighted by atomic mass is 9.82. The Balaban J connectivity index is 1.50. The Labute approximate surface area is 182 Å². The summed E-state index contributed by atoms with van der Waals surface area (Å²) < 4.78 is 4.02. The summed E-state index contributed by atoms with van der Waals surface area (Å²) in [6.07, 6.45) is 12.6. The van der Waals surface area contributed by atoms with Crippen LogP contribution >= 0.6 is 11.6 Å². The number of hydrogen-bond acceptors (Lipinski definition) is 5. The molecule has 2 heterocycles. The number of imidazole rings is 1. The van der Waals surface area contributed by atoms with E-state index in [1.807, 2.05) is 47.7 Å². The van der Waals surface area contributed by atoms with Gasteiger partial charge in [0.2, 0.25) is 0 Å². The number of tetrazole rings is 1. The van der Waals surface area contributed by atoms with Crippen LogP contribution in [0.4, 0.5) is 0 Å². The zero-order valence-electron chi connectivity index (χ0n) is 17.3. The third-order valence-electron chi connectivity index (χ3n) is 5.77. The van der Waals surface area contributed by atoms with Crippen molar-refractivity contribution < 1.29 is 0 Å². The molecule has 0 saturated carbocycles. The van der Waals surface area contributed by atoms with Gasteiger partial charge in [-0.1, -0.05) is 35.4 Å². The van der Waals surface area contributed by atoms with E-state index in [2.05, 4.69) is 43.4 Å². The first kappa shape index (κ1) is 20.8. The minimum Gasteiger partial charge on any atom is -0.337 e. The van der Waals surface area contributed by atoms with Gasteiger partial charge in [-0.25, -0.2) is 9.67 Å². The molecule has 0 bridgehead atoms. The number of nitrogens with zero attached hydrogens (tertiary/aromatic N) is 6. The van der Waals surface area contributed by atoms with Crippen LogP contribution in [-0.4, -0.2) is 36.3 Å². The van der Waals surface area contributed by atoms with Gasteiger partial charge in [-0.15, -0.1) is 5.10 Å². The molecule has 0 amide bonds. The van der Waals surface area contributed by atoms with Crippen molar-refractivity contribution in [1.82, 2.24) is 35.1 Å². The molecule has 8 heteroatoms. The van der Waals surface area contributed by atoms with Gasteiger partial charge < -0.3 is 9.88 Å². The van der Waals surface area contributed by atoms with E-state index in [9.17, 15) is 0 Å². The molecule has 3 aromatic rings. The Kier molecular flexibility index (Phi) is 6.92. The fourth-order valence-corrected chi connectivity index (χ4v) is 4.26. The van der Waals surface area contributed by atoms with E-state index in [-0.39, 0.29) is 6.04 Å². The summed E-state index contributed by atoms with van der Waals surface area (Å²) in [5.74, 6) is 1.30. The van der Waals surface area contributed by atoms with E-state index < -0.39 is 0 Å². The zero-order valence-corrected chi connectivity index (χ0v) is 18.0. The van der Waals surface area contributed by atoms with Crippen molar-refractivity contribution >= 4 is 11.6 Å². The number of rotatable bonds is 9. The molecule has 158 valence electrons. The largest absolute Gasteiger partial charge is 0.337 e. The first-order valence-corrected chi connectivity index (χ1v) is 10.9. The standard InChI is InChI=1S/C22H28ClN7/c1-17-5-2-3-6-20(17)21(25-11-4-13-29-14-12-24-16-29)22-26-27-28-30(22)15-18-7-9-19(23)10-8-18/h5,7-10,12,14,16,20-21,25H,2-4,6,11,13,15H2,1H3/t20-,21-/m0/s1. The smallest absolute Gasteiger partial charge is 0.169 e. The molecule has 2 aromatic heterocycles. The van der Waals surface area contributed by atoms with Gasteiger partial charge in [0.1, 0.15) is 0 Å². The summed E-state index contributed by atoms with van der Waals surface area (Å²) in [5, 5.41) is 17.2. The maximum absolute atomic E-state index is 6.03. The van der Waals surface area contributed by atoms with Crippen LogP contribution in [-0.2, 0) is 13.1 Å². The Morgan fingerprint density at radius 3 is 2.90 bits per heavy atom. The van der Waals surface area contributed by atoms with Gasteiger partial charge in [-0.2, -0.15) is 0 Å². The Morgan fingerprint density at radius 2 is 2.13 bits per heavy atom. The Morgan fingerprint density at radius 1 is 1.27 bits per heavy atom. The molecule has 0 saturated heterocycles. The van der Waals surface area contributed by atoms with E-state index in [0.29, 0.717) is 12.5 Å². The monoisotopic (exact) mass is 425 g/mol. The number of halogens is 1. The molecule has 0 radical (unpaired) electrons. The van der Waals surface area contributed by atoms with Crippen molar-refractivity contribution in [1.29, 1.82) is 0 Å².